The molecule has 0 spiro atoms. The van der Waals surface area contributed by atoms with Crippen LogP contribution in [0.4, 0.5) is 0 Å². The molecule has 0 fully saturated rings. The number of carbonyl (C=O) groups excluding carboxylic acids is 2. The predicted molar refractivity (Wildman–Crippen MR) is 394 cm³/mol. The van der Waals surface area contributed by atoms with Gasteiger partial charge >= 0.3 is 5.97 Å². The van der Waals surface area contributed by atoms with Gasteiger partial charge in [0.15, 0.2) is 0 Å². The zero-order valence-electron chi connectivity index (χ0n) is 61.0. The lowest BCUT2D eigenvalue weighted by Crippen LogP contribution is -2.45. The highest BCUT2D eigenvalue weighted by Gasteiger charge is 2.20. The van der Waals surface area contributed by atoms with Crippen molar-refractivity contribution in [2.24, 2.45) is 0 Å². The predicted octanol–water partition coefficient (Wildman–Crippen LogP) is 27.4. The molecule has 530 valence electrons. The van der Waals surface area contributed by atoms with Gasteiger partial charge in [-0.05, 0) is 51.4 Å². The Morgan fingerprint density at radius 1 is 0.303 bits per heavy atom. The van der Waals surface area contributed by atoms with Crippen molar-refractivity contribution < 1.29 is 24.5 Å². The van der Waals surface area contributed by atoms with E-state index in [9.17, 15) is 19.8 Å². The van der Waals surface area contributed by atoms with Crippen LogP contribution in [0.3, 0.4) is 0 Å². The van der Waals surface area contributed by atoms with Crippen LogP contribution < -0.4 is 5.32 Å². The van der Waals surface area contributed by atoms with Crippen LogP contribution in [0.25, 0.3) is 0 Å². The van der Waals surface area contributed by atoms with Crippen molar-refractivity contribution in [1.29, 1.82) is 0 Å². The van der Waals surface area contributed by atoms with E-state index in [1.807, 2.05) is 0 Å². The molecular weight excluding hydrogens is 1090 g/mol. The Kier molecular flexibility index (Phi) is 77.8. The Bertz CT molecular complexity index is 1350. The van der Waals surface area contributed by atoms with Gasteiger partial charge < -0.3 is 20.3 Å². The molecule has 0 saturated carbocycles. The lowest BCUT2D eigenvalue weighted by Gasteiger charge is -2.22. The number of esters is 1. The van der Waals surface area contributed by atoms with Crippen LogP contribution in [0.5, 0.6) is 0 Å². The first-order valence-corrected chi connectivity index (χ1v) is 41.4. The number of rotatable bonds is 79. The quantitative estimate of drug-likeness (QED) is 0.0320. The molecule has 0 aromatic rings. The standard InChI is InChI=1S/C83H163NO5/c1-3-5-7-9-11-13-15-17-19-21-40-43-47-51-55-59-63-67-71-75-81(86)80(79-85)84-82(87)76-72-68-64-60-56-52-48-44-41-38-36-34-32-30-28-26-24-23-25-27-29-31-33-35-37-39-42-46-50-54-58-62-66-70-74-78-89-83(88)77-73-69-65-61-57-53-49-45-22-20-18-16-14-12-10-8-6-4-2/h20,22,80-81,85-86H,3-19,21,23-79H2,1-2H3,(H,84,87)/b22-20-. The third kappa shape index (κ3) is 75.5. The number of unbranched alkanes of at least 4 members (excludes halogenated alkanes) is 66. The molecule has 0 rings (SSSR count). The van der Waals surface area contributed by atoms with E-state index in [0.29, 0.717) is 25.9 Å². The van der Waals surface area contributed by atoms with Crippen LogP contribution in [-0.4, -0.2) is 47.4 Å². The SMILES string of the molecule is CCCCCCCCC/C=C\CCCCCCCCCC(=O)OCCCCCCCCCCCCCCCCCCCCCCCCCCCCCCCCCCCCCC(=O)NC(CO)C(O)CCCCCCCCCCCCCCCCCCCCC. The maximum absolute atomic E-state index is 12.6. The summed E-state index contributed by atoms with van der Waals surface area (Å²) in [6.07, 6.45) is 100. The van der Waals surface area contributed by atoms with E-state index in [2.05, 4.69) is 31.3 Å². The molecule has 0 radical (unpaired) electrons. The fraction of sp³-hybridized carbons (Fsp3) is 0.952. The van der Waals surface area contributed by atoms with E-state index in [1.54, 1.807) is 0 Å². The highest BCUT2D eigenvalue weighted by molar-refractivity contribution is 5.76. The van der Waals surface area contributed by atoms with Crippen molar-refractivity contribution in [3.05, 3.63) is 12.2 Å². The fourth-order valence-corrected chi connectivity index (χ4v) is 13.5. The number of amides is 1. The molecular formula is C83H163NO5. The molecule has 0 saturated heterocycles. The molecule has 3 N–H and O–H groups in total. The van der Waals surface area contributed by atoms with Gasteiger partial charge in [0, 0.05) is 12.8 Å². The second-order valence-electron chi connectivity index (χ2n) is 28.8. The summed E-state index contributed by atoms with van der Waals surface area (Å²) >= 11 is 0. The van der Waals surface area contributed by atoms with Crippen molar-refractivity contribution in [1.82, 2.24) is 5.32 Å². The Labute approximate surface area is 559 Å². The summed E-state index contributed by atoms with van der Waals surface area (Å²) in [5.41, 5.74) is 0. The number of aliphatic hydroxyl groups is 2. The van der Waals surface area contributed by atoms with Crippen molar-refractivity contribution >= 4 is 11.9 Å². The van der Waals surface area contributed by atoms with Gasteiger partial charge in [-0.25, -0.2) is 0 Å². The van der Waals surface area contributed by atoms with Gasteiger partial charge in [-0.2, -0.15) is 0 Å². The molecule has 0 aliphatic heterocycles. The van der Waals surface area contributed by atoms with Crippen molar-refractivity contribution in [3.63, 3.8) is 0 Å². The monoisotopic (exact) mass is 1250 g/mol. The maximum Gasteiger partial charge on any atom is 0.305 e. The summed E-state index contributed by atoms with van der Waals surface area (Å²) in [5.74, 6) is -0.00317. The summed E-state index contributed by atoms with van der Waals surface area (Å²) in [4.78, 5) is 24.7. The lowest BCUT2D eigenvalue weighted by molar-refractivity contribution is -0.143. The van der Waals surface area contributed by atoms with Gasteiger partial charge in [0.2, 0.25) is 5.91 Å². The fourth-order valence-electron chi connectivity index (χ4n) is 13.5. The van der Waals surface area contributed by atoms with E-state index < -0.39 is 12.1 Å². The van der Waals surface area contributed by atoms with Gasteiger partial charge in [-0.1, -0.05) is 431 Å². The number of nitrogens with one attached hydrogen (secondary N) is 1. The zero-order valence-corrected chi connectivity index (χ0v) is 61.0. The first kappa shape index (κ1) is 87.6. The first-order chi connectivity index (χ1) is 44.0. The van der Waals surface area contributed by atoms with Crippen LogP contribution in [0, 0.1) is 0 Å². The van der Waals surface area contributed by atoms with E-state index in [4.69, 9.17) is 4.74 Å². The molecule has 0 aromatic heterocycles. The van der Waals surface area contributed by atoms with Crippen LogP contribution in [0.15, 0.2) is 12.2 Å². The number of ether oxygens (including phenoxy) is 1. The average Bonchev–Trinajstić information content (AvgIpc) is 3.58. The van der Waals surface area contributed by atoms with Gasteiger partial charge in [0.25, 0.3) is 0 Å². The van der Waals surface area contributed by atoms with Gasteiger partial charge in [-0.15, -0.1) is 0 Å². The number of allylic oxidation sites excluding steroid dienone is 2. The van der Waals surface area contributed by atoms with Crippen LogP contribution in [0.1, 0.15) is 483 Å². The smallest absolute Gasteiger partial charge is 0.305 e. The molecule has 6 nitrogen and oxygen atoms in total. The second-order valence-corrected chi connectivity index (χ2v) is 28.8. The zero-order chi connectivity index (χ0) is 64.2. The number of aliphatic hydroxyl groups excluding tert-OH is 2. The highest BCUT2D eigenvalue weighted by atomic mass is 16.5. The molecule has 0 aliphatic carbocycles. The largest absolute Gasteiger partial charge is 0.466 e. The van der Waals surface area contributed by atoms with Gasteiger partial charge in [-0.3, -0.25) is 9.59 Å². The summed E-state index contributed by atoms with van der Waals surface area (Å²) < 4.78 is 5.52. The number of hydrogen-bond acceptors (Lipinski definition) is 5. The average molecular weight is 1260 g/mol. The minimum absolute atomic E-state index is 0.0210. The molecule has 6 heteroatoms. The van der Waals surface area contributed by atoms with E-state index in [1.165, 1.54) is 411 Å². The Morgan fingerprint density at radius 2 is 0.528 bits per heavy atom. The molecule has 0 bridgehead atoms. The normalized spacial score (nSPS) is 12.4. The first-order valence-electron chi connectivity index (χ1n) is 41.4. The minimum Gasteiger partial charge on any atom is -0.466 e. The molecule has 2 unspecified atom stereocenters. The topological polar surface area (TPSA) is 95.9 Å². The van der Waals surface area contributed by atoms with Crippen LogP contribution in [-0.2, 0) is 14.3 Å². The van der Waals surface area contributed by atoms with Crippen LogP contribution in [0.2, 0.25) is 0 Å². The van der Waals surface area contributed by atoms with Crippen molar-refractivity contribution in [2.45, 2.75) is 495 Å². The van der Waals surface area contributed by atoms with Crippen LogP contribution >= 0.6 is 0 Å². The Balaban J connectivity index is 3.30. The molecule has 2 atom stereocenters. The van der Waals surface area contributed by atoms with E-state index in [0.717, 1.165) is 38.5 Å². The Morgan fingerprint density at radius 3 is 0.798 bits per heavy atom. The summed E-state index contributed by atoms with van der Waals surface area (Å²) in [6, 6.07) is -0.537. The third-order valence-electron chi connectivity index (χ3n) is 19.8. The number of hydrogen-bond donors (Lipinski definition) is 3. The summed E-state index contributed by atoms with van der Waals surface area (Å²) in [5, 5.41) is 23.4. The highest BCUT2D eigenvalue weighted by Crippen LogP contribution is 2.21. The molecule has 0 aromatic carbocycles. The lowest BCUT2D eigenvalue weighted by atomic mass is 10.0. The Hall–Kier alpha value is -1.40. The van der Waals surface area contributed by atoms with E-state index in [-0.39, 0.29) is 18.5 Å². The van der Waals surface area contributed by atoms with E-state index >= 15 is 0 Å². The maximum atomic E-state index is 12.6. The summed E-state index contributed by atoms with van der Waals surface area (Å²) in [7, 11) is 0. The molecule has 0 aliphatic rings. The second kappa shape index (κ2) is 79.0. The summed E-state index contributed by atoms with van der Waals surface area (Å²) in [6.45, 7) is 5.01. The molecule has 1 amide bonds. The van der Waals surface area contributed by atoms with Crippen molar-refractivity contribution in [2.75, 3.05) is 13.2 Å². The van der Waals surface area contributed by atoms with Gasteiger partial charge in [0.05, 0.1) is 25.4 Å². The minimum atomic E-state index is -0.661. The molecule has 89 heavy (non-hydrogen) atoms. The van der Waals surface area contributed by atoms with Crippen molar-refractivity contribution in [3.8, 4) is 0 Å². The third-order valence-corrected chi connectivity index (χ3v) is 19.8. The molecule has 0 heterocycles. The van der Waals surface area contributed by atoms with Gasteiger partial charge in [0.1, 0.15) is 0 Å². The number of carbonyl (C=O) groups is 2.